The number of thiophene rings is 1. The van der Waals surface area contributed by atoms with E-state index in [1.54, 1.807) is 23.5 Å². The van der Waals surface area contributed by atoms with Crippen LogP contribution in [-0.2, 0) is 17.8 Å². The molecule has 6 heteroatoms. The molecule has 0 saturated carbocycles. The van der Waals surface area contributed by atoms with Gasteiger partial charge in [-0.05, 0) is 53.8 Å². The minimum atomic E-state index is -0.304. The second-order valence-electron chi connectivity index (χ2n) is 6.18. The van der Waals surface area contributed by atoms with Crippen LogP contribution in [0.4, 0.5) is 16.2 Å². The van der Waals surface area contributed by atoms with Crippen LogP contribution in [0, 0.1) is 6.92 Å². The number of nitrogens with one attached hydrogen (secondary N) is 3. The van der Waals surface area contributed by atoms with Gasteiger partial charge in [0.1, 0.15) is 0 Å². The Bertz CT molecular complexity index is 905. The number of anilines is 2. The van der Waals surface area contributed by atoms with Gasteiger partial charge in [0.25, 0.3) is 0 Å². The topological polar surface area (TPSA) is 70.2 Å². The number of carbonyl (C=O) groups excluding carboxylic acids is 2. The Morgan fingerprint density at radius 3 is 2.41 bits per heavy atom. The summed E-state index contributed by atoms with van der Waals surface area (Å²) in [6.45, 7) is 2.52. The molecule has 138 valence electrons. The molecule has 3 rings (SSSR count). The predicted octanol–water partition coefficient (Wildman–Crippen LogP) is 4.56. The predicted molar refractivity (Wildman–Crippen MR) is 110 cm³/mol. The highest BCUT2D eigenvalue weighted by Gasteiger charge is 2.06. The molecule has 3 amide bonds. The first-order valence-electron chi connectivity index (χ1n) is 8.61. The summed E-state index contributed by atoms with van der Waals surface area (Å²) in [6.07, 6.45) is 0.307. The number of urea groups is 1. The molecule has 0 aliphatic rings. The van der Waals surface area contributed by atoms with E-state index in [2.05, 4.69) is 16.0 Å². The molecule has 0 aliphatic heterocycles. The number of rotatable bonds is 6. The van der Waals surface area contributed by atoms with Gasteiger partial charge in [-0.15, -0.1) is 11.3 Å². The highest BCUT2D eigenvalue weighted by molar-refractivity contribution is 7.09. The molecule has 0 atom stereocenters. The van der Waals surface area contributed by atoms with Crippen molar-refractivity contribution in [2.24, 2.45) is 0 Å². The Morgan fingerprint density at radius 1 is 0.926 bits per heavy atom. The van der Waals surface area contributed by atoms with Crippen molar-refractivity contribution in [3.05, 3.63) is 82.0 Å². The maximum Gasteiger partial charge on any atom is 0.323 e. The van der Waals surface area contributed by atoms with Crippen molar-refractivity contribution in [1.29, 1.82) is 0 Å². The normalized spacial score (nSPS) is 10.3. The Labute approximate surface area is 162 Å². The second kappa shape index (κ2) is 9.00. The lowest BCUT2D eigenvalue weighted by Crippen LogP contribution is -2.24. The highest BCUT2D eigenvalue weighted by atomic mass is 32.1. The fourth-order valence-corrected chi connectivity index (χ4v) is 3.21. The van der Waals surface area contributed by atoms with Crippen LogP contribution < -0.4 is 16.0 Å². The van der Waals surface area contributed by atoms with Crippen molar-refractivity contribution in [2.45, 2.75) is 19.9 Å². The Balaban J connectivity index is 1.47. The van der Waals surface area contributed by atoms with Crippen LogP contribution in [0.25, 0.3) is 0 Å². The largest absolute Gasteiger partial charge is 0.351 e. The molecule has 0 fully saturated rings. The van der Waals surface area contributed by atoms with Crippen molar-refractivity contribution in [3.8, 4) is 0 Å². The second-order valence-corrected chi connectivity index (χ2v) is 7.21. The summed E-state index contributed by atoms with van der Waals surface area (Å²) in [4.78, 5) is 25.2. The van der Waals surface area contributed by atoms with Crippen molar-refractivity contribution >= 4 is 34.6 Å². The summed E-state index contributed by atoms with van der Waals surface area (Å²) in [7, 11) is 0. The zero-order chi connectivity index (χ0) is 19.1. The monoisotopic (exact) mass is 379 g/mol. The molecule has 0 radical (unpaired) electrons. The van der Waals surface area contributed by atoms with Gasteiger partial charge in [-0.2, -0.15) is 0 Å². The summed E-state index contributed by atoms with van der Waals surface area (Å²) < 4.78 is 0. The van der Waals surface area contributed by atoms with Crippen LogP contribution in [0.2, 0.25) is 0 Å². The van der Waals surface area contributed by atoms with Gasteiger partial charge in [0.15, 0.2) is 0 Å². The maximum atomic E-state index is 12.1. The maximum absolute atomic E-state index is 12.1. The van der Waals surface area contributed by atoms with E-state index in [1.165, 1.54) is 0 Å². The average molecular weight is 379 g/mol. The van der Waals surface area contributed by atoms with Crippen molar-refractivity contribution < 1.29 is 9.59 Å². The molecule has 1 aromatic heterocycles. The van der Waals surface area contributed by atoms with Gasteiger partial charge in [0, 0.05) is 16.3 Å². The molecular weight excluding hydrogens is 358 g/mol. The van der Waals surface area contributed by atoms with E-state index in [4.69, 9.17) is 0 Å². The summed E-state index contributed by atoms with van der Waals surface area (Å²) in [5.41, 5.74) is 3.38. The van der Waals surface area contributed by atoms with Crippen LogP contribution in [0.1, 0.15) is 16.0 Å². The average Bonchev–Trinajstić information content (AvgIpc) is 3.15. The lowest BCUT2D eigenvalue weighted by Gasteiger charge is -2.09. The van der Waals surface area contributed by atoms with Gasteiger partial charge in [0.05, 0.1) is 13.0 Å². The third-order valence-corrected chi connectivity index (χ3v) is 4.77. The lowest BCUT2D eigenvalue weighted by atomic mass is 10.1. The third kappa shape index (κ3) is 5.97. The van der Waals surface area contributed by atoms with Gasteiger partial charge in [-0.25, -0.2) is 4.79 Å². The summed E-state index contributed by atoms with van der Waals surface area (Å²) in [5, 5.41) is 10.5. The molecule has 5 nitrogen and oxygen atoms in total. The highest BCUT2D eigenvalue weighted by Crippen LogP contribution is 2.13. The molecule has 0 aliphatic carbocycles. The first-order chi connectivity index (χ1) is 13.1. The van der Waals surface area contributed by atoms with E-state index in [9.17, 15) is 9.59 Å². The standard InChI is InChI=1S/C21H21N3O2S/c1-15-4-2-5-18(12-15)24-21(26)23-17-9-7-16(8-10-17)13-20(25)22-14-19-6-3-11-27-19/h2-12H,13-14H2,1H3,(H,22,25)(H2,23,24,26). The molecule has 2 aromatic carbocycles. The van der Waals surface area contributed by atoms with E-state index in [0.717, 1.165) is 21.7 Å². The summed E-state index contributed by atoms with van der Waals surface area (Å²) in [6, 6.07) is 18.5. The van der Waals surface area contributed by atoms with Crippen LogP contribution in [0.15, 0.2) is 66.0 Å². The summed E-state index contributed by atoms with van der Waals surface area (Å²) >= 11 is 1.62. The van der Waals surface area contributed by atoms with E-state index >= 15 is 0 Å². The number of hydrogen-bond donors (Lipinski definition) is 3. The molecule has 27 heavy (non-hydrogen) atoms. The van der Waals surface area contributed by atoms with E-state index in [-0.39, 0.29) is 11.9 Å². The fraction of sp³-hybridized carbons (Fsp3) is 0.143. The third-order valence-electron chi connectivity index (χ3n) is 3.89. The Hall–Kier alpha value is -3.12. The van der Waals surface area contributed by atoms with Crippen LogP contribution in [0.3, 0.4) is 0 Å². The van der Waals surface area contributed by atoms with Gasteiger partial charge in [-0.3, -0.25) is 4.79 Å². The van der Waals surface area contributed by atoms with Crippen LogP contribution in [0.5, 0.6) is 0 Å². The SMILES string of the molecule is Cc1cccc(NC(=O)Nc2ccc(CC(=O)NCc3cccs3)cc2)c1. The minimum absolute atomic E-state index is 0.0266. The van der Waals surface area contributed by atoms with E-state index in [1.807, 2.05) is 60.8 Å². The summed E-state index contributed by atoms with van der Waals surface area (Å²) in [5.74, 6) is -0.0266. The quantitative estimate of drug-likeness (QED) is 0.588. The number of benzene rings is 2. The molecule has 3 aromatic rings. The first-order valence-corrected chi connectivity index (χ1v) is 9.49. The van der Waals surface area contributed by atoms with E-state index < -0.39 is 0 Å². The molecule has 3 N–H and O–H groups in total. The number of aryl methyl sites for hydroxylation is 1. The number of amides is 3. The molecule has 1 heterocycles. The van der Waals surface area contributed by atoms with Crippen molar-refractivity contribution in [1.82, 2.24) is 5.32 Å². The number of carbonyl (C=O) groups is 2. The Kier molecular flexibility index (Phi) is 6.22. The molecular formula is C21H21N3O2S. The van der Waals surface area contributed by atoms with Gasteiger partial charge < -0.3 is 16.0 Å². The van der Waals surface area contributed by atoms with Gasteiger partial charge in [0.2, 0.25) is 5.91 Å². The lowest BCUT2D eigenvalue weighted by molar-refractivity contribution is -0.120. The molecule has 0 bridgehead atoms. The minimum Gasteiger partial charge on any atom is -0.351 e. The Morgan fingerprint density at radius 2 is 1.70 bits per heavy atom. The number of hydrogen-bond acceptors (Lipinski definition) is 3. The molecule has 0 spiro atoms. The van der Waals surface area contributed by atoms with Crippen molar-refractivity contribution in [3.63, 3.8) is 0 Å². The van der Waals surface area contributed by atoms with Gasteiger partial charge in [-0.1, -0.05) is 30.3 Å². The zero-order valence-corrected chi connectivity index (χ0v) is 15.8. The van der Waals surface area contributed by atoms with E-state index in [0.29, 0.717) is 18.7 Å². The fourth-order valence-electron chi connectivity index (χ4n) is 2.57. The molecule has 0 saturated heterocycles. The van der Waals surface area contributed by atoms with Crippen LogP contribution >= 0.6 is 11.3 Å². The van der Waals surface area contributed by atoms with Gasteiger partial charge >= 0.3 is 6.03 Å². The first kappa shape index (κ1) is 18.7. The van der Waals surface area contributed by atoms with Crippen molar-refractivity contribution in [2.75, 3.05) is 10.6 Å². The smallest absolute Gasteiger partial charge is 0.323 e. The van der Waals surface area contributed by atoms with Crippen LogP contribution in [-0.4, -0.2) is 11.9 Å². The zero-order valence-electron chi connectivity index (χ0n) is 15.0. The molecule has 0 unspecified atom stereocenters.